The number of carbonyl (C=O) groups excluding carboxylic acids is 1. The van der Waals surface area contributed by atoms with Gasteiger partial charge in [-0.05, 0) is 26.3 Å². The summed E-state index contributed by atoms with van der Waals surface area (Å²) in [6.07, 6.45) is 0. The number of nitrogens with zero attached hydrogens (tertiary/aromatic N) is 2. The summed E-state index contributed by atoms with van der Waals surface area (Å²) in [7, 11) is 1.69. The van der Waals surface area contributed by atoms with Gasteiger partial charge in [0, 0.05) is 19.2 Å². The second kappa shape index (κ2) is 5.69. The molecule has 1 amide bonds. The van der Waals surface area contributed by atoms with Crippen LogP contribution in [0.15, 0.2) is 24.3 Å². The number of nitro groups is 1. The van der Waals surface area contributed by atoms with Crippen molar-refractivity contribution in [1.82, 2.24) is 4.90 Å². The summed E-state index contributed by atoms with van der Waals surface area (Å²) in [6, 6.07) is 6.11. The van der Waals surface area contributed by atoms with E-state index in [0.717, 1.165) is 5.56 Å². The normalized spacial score (nSPS) is 12.9. The minimum atomic E-state index is -0.656. The van der Waals surface area contributed by atoms with E-state index >= 15 is 0 Å². The fraction of sp³-hybridized carbons (Fsp3) is 0.462. The molecule has 0 aliphatic heterocycles. The van der Waals surface area contributed by atoms with Crippen molar-refractivity contribution in [2.75, 3.05) is 7.05 Å². The number of alkyl halides is 1. The third-order valence-corrected chi connectivity index (χ3v) is 3.31. The zero-order valence-electron chi connectivity index (χ0n) is 11.4. The third-order valence-electron chi connectivity index (χ3n) is 2.97. The quantitative estimate of drug-likeness (QED) is 0.484. The van der Waals surface area contributed by atoms with Crippen molar-refractivity contribution in [3.05, 3.63) is 39.9 Å². The van der Waals surface area contributed by atoms with Gasteiger partial charge >= 0.3 is 0 Å². The maximum atomic E-state index is 12.1. The molecule has 0 spiro atoms. The summed E-state index contributed by atoms with van der Waals surface area (Å²) < 4.78 is -0.656. The number of hydrogen-bond acceptors (Lipinski definition) is 3. The van der Waals surface area contributed by atoms with Gasteiger partial charge in [0.2, 0.25) is 5.91 Å². The van der Waals surface area contributed by atoms with Crippen LogP contribution in [0.4, 0.5) is 5.69 Å². The topological polar surface area (TPSA) is 63.5 Å². The molecular formula is C13H17BrN2O3. The second-order valence-electron chi connectivity index (χ2n) is 4.92. The Balaban J connectivity index is 3.00. The summed E-state index contributed by atoms with van der Waals surface area (Å²) in [4.78, 5) is 24.0. The first-order chi connectivity index (χ1) is 8.64. The lowest BCUT2D eigenvalue weighted by Gasteiger charge is -2.30. The van der Waals surface area contributed by atoms with Crippen LogP contribution in [0, 0.1) is 10.1 Å². The molecule has 0 N–H and O–H groups in total. The van der Waals surface area contributed by atoms with Crippen LogP contribution in [0.3, 0.4) is 0 Å². The molecular weight excluding hydrogens is 312 g/mol. The largest absolute Gasteiger partial charge is 0.338 e. The lowest BCUT2D eigenvalue weighted by atomic mass is 10.0. The van der Waals surface area contributed by atoms with Crippen LogP contribution >= 0.6 is 15.9 Å². The predicted octanol–water partition coefficient (Wildman–Crippen LogP) is 3.29. The maximum absolute atomic E-state index is 12.1. The molecule has 0 aromatic heterocycles. The van der Waals surface area contributed by atoms with Gasteiger partial charge in [0.25, 0.3) is 5.69 Å². The van der Waals surface area contributed by atoms with E-state index in [9.17, 15) is 14.9 Å². The van der Waals surface area contributed by atoms with Gasteiger partial charge in [-0.15, -0.1) is 0 Å². The van der Waals surface area contributed by atoms with Crippen LogP contribution in [0.25, 0.3) is 0 Å². The Morgan fingerprint density at radius 1 is 1.47 bits per heavy atom. The molecule has 5 nitrogen and oxygen atoms in total. The van der Waals surface area contributed by atoms with Crippen LogP contribution in [-0.2, 0) is 4.79 Å². The number of nitro benzene ring substituents is 1. The van der Waals surface area contributed by atoms with Gasteiger partial charge in [-0.3, -0.25) is 14.9 Å². The average Bonchev–Trinajstić information content (AvgIpc) is 2.35. The van der Waals surface area contributed by atoms with E-state index < -0.39 is 9.25 Å². The van der Waals surface area contributed by atoms with Crippen molar-refractivity contribution in [2.24, 2.45) is 0 Å². The van der Waals surface area contributed by atoms with Crippen molar-refractivity contribution >= 4 is 27.5 Å². The SMILES string of the molecule is CC(c1cccc([N+](=O)[O-])c1)N(C)C(=O)C(C)(C)Br. The second-order valence-corrected chi connectivity index (χ2v) is 6.90. The zero-order valence-corrected chi connectivity index (χ0v) is 13.0. The number of amides is 1. The third kappa shape index (κ3) is 3.76. The molecule has 1 aromatic rings. The Morgan fingerprint density at radius 2 is 2.05 bits per heavy atom. The molecule has 0 fully saturated rings. The van der Waals surface area contributed by atoms with Crippen LogP contribution in [0.1, 0.15) is 32.4 Å². The molecule has 0 saturated heterocycles. The maximum Gasteiger partial charge on any atom is 0.269 e. The predicted molar refractivity (Wildman–Crippen MR) is 77.3 cm³/mol. The lowest BCUT2D eigenvalue weighted by molar-refractivity contribution is -0.384. The van der Waals surface area contributed by atoms with E-state index in [0.29, 0.717) is 0 Å². The van der Waals surface area contributed by atoms with Gasteiger partial charge in [0.15, 0.2) is 0 Å². The molecule has 1 rings (SSSR count). The number of non-ortho nitro benzene ring substituents is 1. The number of halogens is 1. The molecule has 104 valence electrons. The van der Waals surface area contributed by atoms with Gasteiger partial charge < -0.3 is 4.90 Å². The highest BCUT2D eigenvalue weighted by molar-refractivity contribution is 9.10. The van der Waals surface area contributed by atoms with E-state index in [-0.39, 0.29) is 17.6 Å². The summed E-state index contributed by atoms with van der Waals surface area (Å²) in [5, 5.41) is 10.8. The molecule has 1 aromatic carbocycles. The molecule has 19 heavy (non-hydrogen) atoms. The molecule has 0 heterocycles. The van der Waals surface area contributed by atoms with Crippen LogP contribution in [0.5, 0.6) is 0 Å². The first-order valence-electron chi connectivity index (χ1n) is 5.85. The molecule has 0 aliphatic carbocycles. The Bertz CT molecular complexity index is 497. The van der Waals surface area contributed by atoms with Gasteiger partial charge in [-0.25, -0.2) is 0 Å². The minimum absolute atomic E-state index is 0.0308. The summed E-state index contributed by atoms with van der Waals surface area (Å²) in [5.74, 6) is -0.0773. The van der Waals surface area contributed by atoms with Crippen molar-refractivity contribution in [3.8, 4) is 0 Å². The molecule has 0 radical (unpaired) electrons. The fourth-order valence-corrected chi connectivity index (χ4v) is 2.00. The number of benzene rings is 1. The molecule has 0 aliphatic rings. The van der Waals surface area contributed by atoms with Gasteiger partial charge in [0.1, 0.15) is 0 Å². The van der Waals surface area contributed by atoms with E-state index in [1.807, 2.05) is 6.92 Å². The standard InChI is InChI=1S/C13H17BrN2O3/c1-9(15(4)12(17)13(2,3)14)10-6-5-7-11(8-10)16(18)19/h5-9H,1-4H3. The monoisotopic (exact) mass is 328 g/mol. The average molecular weight is 329 g/mol. The van der Waals surface area contributed by atoms with Crippen molar-refractivity contribution in [3.63, 3.8) is 0 Å². The van der Waals surface area contributed by atoms with Gasteiger partial charge in [-0.1, -0.05) is 28.1 Å². The smallest absolute Gasteiger partial charge is 0.269 e. The summed E-state index contributed by atoms with van der Waals surface area (Å²) in [5.41, 5.74) is 0.769. The molecule has 1 atom stereocenters. The Labute approximate surface area is 120 Å². The molecule has 0 saturated carbocycles. The first-order valence-corrected chi connectivity index (χ1v) is 6.64. The van der Waals surface area contributed by atoms with Gasteiger partial charge in [-0.2, -0.15) is 0 Å². The first kappa shape index (κ1) is 15.6. The van der Waals surface area contributed by atoms with Crippen LogP contribution < -0.4 is 0 Å². The Morgan fingerprint density at radius 3 is 2.53 bits per heavy atom. The number of hydrogen-bond donors (Lipinski definition) is 0. The minimum Gasteiger partial charge on any atom is -0.338 e. The zero-order chi connectivity index (χ0) is 14.8. The van der Waals surface area contributed by atoms with Crippen LogP contribution in [0.2, 0.25) is 0 Å². The van der Waals surface area contributed by atoms with Crippen LogP contribution in [-0.4, -0.2) is 27.1 Å². The molecule has 0 bridgehead atoms. The highest BCUT2D eigenvalue weighted by Gasteiger charge is 2.30. The summed E-state index contributed by atoms with van der Waals surface area (Å²) >= 11 is 3.32. The number of carbonyl (C=O) groups is 1. The Kier molecular flexibility index (Phi) is 4.68. The van der Waals surface area contributed by atoms with Crippen molar-refractivity contribution < 1.29 is 9.72 Å². The number of rotatable bonds is 4. The van der Waals surface area contributed by atoms with E-state index in [4.69, 9.17) is 0 Å². The van der Waals surface area contributed by atoms with Gasteiger partial charge in [0.05, 0.1) is 15.3 Å². The highest BCUT2D eigenvalue weighted by atomic mass is 79.9. The van der Waals surface area contributed by atoms with E-state index in [1.54, 1.807) is 37.9 Å². The Hall–Kier alpha value is -1.43. The molecule has 6 heteroatoms. The lowest BCUT2D eigenvalue weighted by Crippen LogP contribution is -2.40. The van der Waals surface area contributed by atoms with Crippen molar-refractivity contribution in [2.45, 2.75) is 31.1 Å². The van der Waals surface area contributed by atoms with E-state index in [2.05, 4.69) is 15.9 Å². The summed E-state index contributed by atoms with van der Waals surface area (Å²) in [6.45, 7) is 5.38. The fourth-order valence-electron chi connectivity index (χ4n) is 1.72. The highest BCUT2D eigenvalue weighted by Crippen LogP contribution is 2.27. The van der Waals surface area contributed by atoms with Crippen molar-refractivity contribution in [1.29, 1.82) is 0 Å². The molecule has 1 unspecified atom stereocenters. The van der Waals surface area contributed by atoms with E-state index in [1.165, 1.54) is 12.1 Å².